The minimum atomic E-state index is -0.264. The molecule has 0 saturated carbocycles. The number of hydrogen-bond donors (Lipinski definition) is 1. The fourth-order valence-electron chi connectivity index (χ4n) is 1.28. The molecule has 13 heavy (non-hydrogen) atoms. The first-order valence-corrected chi connectivity index (χ1v) is 4.29. The molecule has 0 amide bonds. The van der Waals surface area contributed by atoms with E-state index in [1.54, 1.807) is 6.92 Å². The van der Waals surface area contributed by atoms with Gasteiger partial charge in [-0.25, -0.2) is 4.79 Å². The summed E-state index contributed by atoms with van der Waals surface area (Å²) in [4.78, 5) is 11.2. The van der Waals surface area contributed by atoms with Crippen LogP contribution >= 0.6 is 0 Å². The maximum absolute atomic E-state index is 11.2. The van der Waals surface area contributed by atoms with E-state index in [4.69, 9.17) is 10.00 Å². The molecule has 0 aromatic heterocycles. The van der Waals surface area contributed by atoms with Gasteiger partial charge in [-0.2, -0.15) is 5.26 Å². The van der Waals surface area contributed by atoms with Gasteiger partial charge in [-0.15, -0.1) is 0 Å². The summed E-state index contributed by atoms with van der Waals surface area (Å²) >= 11 is 0. The van der Waals surface area contributed by atoms with E-state index in [-0.39, 0.29) is 12.0 Å². The first kappa shape index (κ1) is 9.59. The summed E-state index contributed by atoms with van der Waals surface area (Å²) in [5.74, 6) is -0.233. The van der Waals surface area contributed by atoms with Crippen LogP contribution in [0.1, 0.15) is 19.8 Å². The predicted molar refractivity (Wildman–Crippen MR) is 46.5 cm³/mol. The monoisotopic (exact) mass is 180 g/mol. The number of allylic oxidation sites excluding steroid dienone is 2. The normalized spacial score (nSPS) is 23.7. The third-order valence-electron chi connectivity index (χ3n) is 1.87. The molecule has 0 radical (unpaired) electrons. The van der Waals surface area contributed by atoms with Gasteiger partial charge in [0.25, 0.3) is 0 Å². The minimum Gasteiger partial charge on any atom is -0.464 e. The zero-order valence-electron chi connectivity index (χ0n) is 7.54. The Balaban J connectivity index is 2.46. The lowest BCUT2D eigenvalue weighted by molar-refractivity contribution is -0.145. The molecule has 1 aliphatic heterocycles. The van der Waals surface area contributed by atoms with Gasteiger partial charge in [0.05, 0.1) is 12.7 Å². The molecular weight excluding hydrogens is 168 g/mol. The number of nitrogens with one attached hydrogen (secondary N) is 1. The van der Waals surface area contributed by atoms with Crippen LogP contribution in [-0.2, 0) is 9.53 Å². The van der Waals surface area contributed by atoms with Gasteiger partial charge in [-0.3, -0.25) is 0 Å². The van der Waals surface area contributed by atoms with Crippen LogP contribution in [0.4, 0.5) is 0 Å². The van der Waals surface area contributed by atoms with E-state index in [0.717, 1.165) is 12.1 Å². The summed E-state index contributed by atoms with van der Waals surface area (Å²) in [5.41, 5.74) is 0.820. The number of nitrogens with zero attached hydrogens (tertiary/aromatic N) is 1. The predicted octanol–water partition coefficient (Wildman–Crippen LogP) is 0.709. The molecule has 0 aromatic carbocycles. The van der Waals surface area contributed by atoms with E-state index >= 15 is 0 Å². The van der Waals surface area contributed by atoms with Gasteiger partial charge in [0.1, 0.15) is 6.04 Å². The van der Waals surface area contributed by atoms with Crippen molar-refractivity contribution in [2.75, 3.05) is 6.61 Å². The highest BCUT2D eigenvalue weighted by atomic mass is 16.5. The van der Waals surface area contributed by atoms with E-state index in [1.807, 2.05) is 6.07 Å². The van der Waals surface area contributed by atoms with Gasteiger partial charge >= 0.3 is 5.97 Å². The minimum absolute atomic E-state index is 0.233. The second kappa shape index (κ2) is 4.51. The Kier molecular flexibility index (Phi) is 3.32. The number of rotatable bonds is 2. The zero-order valence-corrected chi connectivity index (χ0v) is 7.54. The Labute approximate surface area is 77.2 Å². The summed E-state index contributed by atoms with van der Waals surface area (Å²) in [7, 11) is 0. The van der Waals surface area contributed by atoms with Crippen molar-refractivity contribution in [2.24, 2.45) is 0 Å². The fraction of sp³-hybridized carbons (Fsp3) is 0.556. The molecule has 1 N–H and O–H groups in total. The van der Waals surface area contributed by atoms with Crippen molar-refractivity contribution in [3.05, 3.63) is 11.8 Å². The van der Waals surface area contributed by atoms with Crippen LogP contribution in [-0.4, -0.2) is 18.6 Å². The molecule has 0 aromatic rings. The highest BCUT2D eigenvalue weighted by Gasteiger charge is 2.25. The molecule has 1 fully saturated rings. The fourth-order valence-corrected chi connectivity index (χ4v) is 1.28. The van der Waals surface area contributed by atoms with E-state index < -0.39 is 0 Å². The Hall–Kier alpha value is -1.50. The first-order chi connectivity index (χ1) is 6.27. The highest BCUT2D eigenvalue weighted by Crippen LogP contribution is 2.15. The number of hydrogen-bond acceptors (Lipinski definition) is 4. The third kappa shape index (κ3) is 2.48. The van der Waals surface area contributed by atoms with E-state index in [9.17, 15) is 4.79 Å². The quantitative estimate of drug-likeness (QED) is 0.502. The van der Waals surface area contributed by atoms with Gasteiger partial charge in [0, 0.05) is 11.8 Å². The van der Waals surface area contributed by atoms with Crippen LogP contribution in [0.25, 0.3) is 0 Å². The molecule has 1 saturated heterocycles. The van der Waals surface area contributed by atoms with Crippen LogP contribution in [0.2, 0.25) is 0 Å². The maximum atomic E-state index is 11.2. The molecule has 4 heteroatoms. The molecule has 0 bridgehead atoms. The van der Waals surface area contributed by atoms with Crippen molar-refractivity contribution >= 4 is 5.97 Å². The summed E-state index contributed by atoms with van der Waals surface area (Å²) in [6.45, 7) is 2.17. The van der Waals surface area contributed by atoms with Crippen molar-refractivity contribution in [1.82, 2.24) is 5.32 Å². The molecule has 1 unspecified atom stereocenters. The number of ether oxygens (including phenoxy) is 1. The average molecular weight is 180 g/mol. The molecule has 70 valence electrons. The van der Waals surface area contributed by atoms with E-state index in [0.29, 0.717) is 13.0 Å². The van der Waals surface area contributed by atoms with Crippen molar-refractivity contribution in [2.45, 2.75) is 25.8 Å². The van der Waals surface area contributed by atoms with Crippen LogP contribution in [0, 0.1) is 11.3 Å². The summed E-state index contributed by atoms with van der Waals surface area (Å²) < 4.78 is 4.84. The molecule has 4 nitrogen and oxygen atoms in total. The Morgan fingerprint density at radius 2 is 2.69 bits per heavy atom. The third-order valence-corrected chi connectivity index (χ3v) is 1.87. The lowest BCUT2D eigenvalue weighted by Crippen LogP contribution is -2.31. The lowest BCUT2D eigenvalue weighted by Gasteiger charge is -2.08. The molecule has 0 aliphatic carbocycles. The Bertz CT molecular complexity index is 265. The number of nitriles is 1. The average Bonchev–Trinajstić information content (AvgIpc) is 2.54. The Morgan fingerprint density at radius 1 is 1.92 bits per heavy atom. The van der Waals surface area contributed by atoms with Crippen LogP contribution in [0.15, 0.2) is 11.8 Å². The second-order valence-corrected chi connectivity index (χ2v) is 2.79. The number of carbonyl (C=O) groups excluding carboxylic acids is 1. The van der Waals surface area contributed by atoms with Gasteiger partial charge in [-0.05, 0) is 19.8 Å². The maximum Gasteiger partial charge on any atom is 0.328 e. The van der Waals surface area contributed by atoms with Crippen LogP contribution in [0.5, 0.6) is 0 Å². The Morgan fingerprint density at radius 3 is 3.31 bits per heavy atom. The topological polar surface area (TPSA) is 62.1 Å². The molecule has 1 atom stereocenters. The SMILES string of the molecule is CCOC(=O)C1CC/C(=C/C#N)N1. The smallest absolute Gasteiger partial charge is 0.328 e. The zero-order chi connectivity index (χ0) is 9.68. The first-order valence-electron chi connectivity index (χ1n) is 4.29. The molecule has 0 spiro atoms. The van der Waals surface area contributed by atoms with Crippen LogP contribution < -0.4 is 5.32 Å². The summed E-state index contributed by atoms with van der Waals surface area (Å²) in [6.07, 6.45) is 2.89. The van der Waals surface area contributed by atoms with Crippen molar-refractivity contribution in [3.63, 3.8) is 0 Å². The lowest BCUT2D eigenvalue weighted by atomic mass is 10.2. The largest absolute Gasteiger partial charge is 0.464 e. The van der Waals surface area contributed by atoms with Gasteiger partial charge in [0.15, 0.2) is 0 Å². The van der Waals surface area contributed by atoms with Gasteiger partial charge in [-0.1, -0.05) is 0 Å². The van der Waals surface area contributed by atoms with Crippen LogP contribution in [0.3, 0.4) is 0 Å². The number of carbonyl (C=O) groups is 1. The molecular formula is C9H12N2O2. The van der Waals surface area contributed by atoms with Gasteiger partial charge in [0.2, 0.25) is 0 Å². The van der Waals surface area contributed by atoms with E-state index in [2.05, 4.69) is 5.32 Å². The van der Waals surface area contributed by atoms with Crippen molar-refractivity contribution < 1.29 is 9.53 Å². The van der Waals surface area contributed by atoms with Crippen molar-refractivity contribution in [1.29, 1.82) is 5.26 Å². The van der Waals surface area contributed by atoms with Crippen molar-refractivity contribution in [3.8, 4) is 6.07 Å². The van der Waals surface area contributed by atoms with Gasteiger partial charge < -0.3 is 10.1 Å². The standard InChI is InChI=1S/C9H12N2O2/c1-2-13-9(12)8-4-3-7(11-8)5-6-10/h5,8,11H,2-4H2,1H3/b7-5-. The number of esters is 1. The second-order valence-electron chi connectivity index (χ2n) is 2.79. The highest BCUT2D eigenvalue weighted by molar-refractivity contribution is 5.76. The molecule has 1 rings (SSSR count). The summed E-state index contributed by atoms with van der Waals surface area (Å²) in [5, 5.41) is 11.3. The van der Waals surface area contributed by atoms with E-state index in [1.165, 1.54) is 6.08 Å². The molecule has 1 heterocycles. The summed E-state index contributed by atoms with van der Waals surface area (Å²) in [6, 6.07) is 1.66. The molecule has 1 aliphatic rings.